The molecule has 6 heteroatoms. The van der Waals surface area contributed by atoms with Gasteiger partial charge in [-0.15, -0.1) is 0 Å². The van der Waals surface area contributed by atoms with Crippen LogP contribution < -0.4 is 4.72 Å². The normalized spacial score (nSPS) is 12.6. The van der Waals surface area contributed by atoms with Crippen molar-refractivity contribution in [2.45, 2.75) is 44.9 Å². The molecule has 0 aliphatic heterocycles. The van der Waals surface area contributed by atoms with Crippen molar-refractivity contribution < 1.29 is 17.9 Å². The van der Waals surface area contributed by atoms with Gasteiger partial charge in [-0.1, -0.05) is 19.9 Å². The summed E-state index contributed by atoms with van der Waals surface area (Å²) in [5.41, 5.74) is 0.135. The van der Waals surface area contributed by atoms with Crippen LogP contribution in [0.25, 0.3) is 0 Å². The highest BCUT2D eigenvalue weighted by Gasteiger charge is 2.28. The van der Waals surface area contributed by atoms with Gasteiger partial charge in [-0.2, -0.15) is 0 Å². The summed E-state index contributed by atoms with van der Waals surface area (Å²) in [6.45, 7) is 5.78. The molecule has 120 valence electrons. The molecule has 0 spiro atoms. The molecular weight excluding hydrogens is 293 g/mol. The molecular formula is C15H24FNO3S. The lowest BCUT2D eigenvalue weighted by atomic mass is 9.80. The minimum absolute atomic E-state index is 0.0164. The van der Waals surface area contributed by atoms with Gasteiger partial charge in [0.05, 0.1) is 4.90 Å². The highest BCUT2D eigenvalue weighted by atomic mass is 32.2. The molecule has 0 atom stereocenters. The van der Waals surface area contributed by atoms with E-state index in [0.717, 1.165) is 18.9 Å². The fourth-order valence-corrected chi connectivity index (χ4v) is 3.42. The average Bonchev–Trinajstić information content (AvgIpc) is 2.46. The van der Waals surface area contributed by atoms with Crippen molar-refractivity contribution in [3.63, 3.8) is 0 Å². The molecule has 1 aromatic rings. The van der Waals surface area contributed by atoms with Crippen LogP contribution in [0.2, 0.25) is 0 Å². The van der Waals surface area contributed by atoms with Gasteiger partial charge < -0.3 is 5.11 Å². The topological polar surface area (TPSA) is 66.4 Å². The summed E-state index contributed by atoms with van der Waals surface area (Å²) in [6, 6.07) is 3.88. The molecule has 1 rings (SSSR count). The Morgan fingerprint density at radius 3 is 2.38 bits per heavy atom. The molecule has 2 N–H and O–H groups in total. The fourth-order valence-electron chi connectivity index (χ4n) is 2.25. The van der Waals surface area contributed by atoms with E-state index in [1.807, 2.05) is 13.8 Å². The molecule has 21 heavy (non-hydrogen) atoms. The molecule has 1 aromatic carbocycles. The quantitative estimate of drug-likeness (QED) is 0.774. The summed E-state index contributed by atoms with van der Waals surface area (Å²) in [5.74, 6) is -0.537. The summed E-state index contributed by atoms with van der Waals surface area (Å²) in [4.78, 5) is -0.0734. The minimum atomic E-state index is -3.74. The standard InChI is InChI=1S/C15H24FNO3S/c1-4-15(5-2,8-9-18)11-17-21(19,20)13-7-6-12(3)14(16)10-13/h6-7,10,17-18H,4-5,8-9,11H2,1-3H3. The Morgan fingerprint density at radius 1 is 1.29 bits per heavy atom. The van der Waals surface area contributed by atoms with E-state index in [0.29, 0.717) is 12.0 Å². The fraction of sp³-hybridized carbons (Fsp3) is 0.600. The Hall–Kier alpha value is -0.980. The molecule has 0 fully saturated rings. The van der Waals surface area contributed by atoms with Gasteiger partial charge in [-0.25, -0.2) is 17.5 Å². The van der Waals surface area contributed by atoms with E-state index in [9.17, 15) is 12.8 Å². The Labute approximate surface area is 126 Å². The van der Waals surface area contributed by atoms with Crippen LogP contribution in [0.15, 0.2) is 23.1 Å². The van der Waals surface area contributed by atoms with Gasteiger partial charge in [0.15, 0.2) is 0 Å². The Bertz CT molecular complexity index is 568. The van der Waals surface area contributed by atoms with Gasteiger partial charge in [0.2, 0.25) is 10.0 Å². The summed E-state index contributed by atoms with van der Waals surface area (Å²) in [5, 5.41) is 9.15. The monoisotopic (exact) mass is 317 g/mol. The van der Waals surface area contributed by atoms with E-state index in [-0.39, 0.29) is 23.5 Å². The molecule has 0 saturated carbocycles. The molecule has 0 unspecified atom stereocenters. The maximum atomic E-state index is 13.5. The second-order valence-electron chi connectivity index (χ2n) is 5.42. The Balaban J connectivity index is 2.91. The number of rotatable bonds is 8. The van der Waals surface area contributed by atoms with Crippen molar-refractivity contribution in [3.05, 3.63) is 29.6 Å². The van der Waals surface area contributed by atoms with Crippen LogP contribution in [0.5, 0.6) is 0 Å². The summed E-state index contributed by atoms with van der Waals surface area (Å²) in [7, 11) is -3.74. The van der Waals surface area contributed by atoms with Gasteiger partial charge in [0.1, 0.15) is 5.82 Å². The van der Waals surface area contributed by atoms with Crippen LogP contribution >= 0.6 is 0 Å². The van der Waals surface area contributed by atoms with Crippen LogP contribution in [0.1, 0.15) is 38.7 Å². The minimum Gasteiger partial charge on any atom is -0.396 e. The molecule has 0 saturated heterocycles. The first-order valence-electron chi connectivity index (χ1n) is 7.17. The largest absolute Gasteiger partial charge is 0.396 e. The molecule has 4 nitrogen and oxygen atoms in total. The molecule has 0 aromatic heterocycles. The van der Waals surface area contributed by atoms with E-state index < -0.39 is 15.8 Å². The number of benzene rings is 1. The molecule has 0 heterocycles. The highest BCUT2D eigenvalue weighted by Crippen LogP contribution is 2.30. The third-order valence-electron chi connectivity index (χ3n) is 4.23. The lowest BCUT2D eigenvalue weighted by Crippen LogP contribution is -2.37. The van der Waals surface area contributed by atoms with Crippen LogP contribution in [0, 0.1) is 18.2 Å². The maximum Gasteiger partial charge on any atom is 0.240 e. The Morgan fingerprint density at radius 2 is 1.90 bits per heavy atom. The highest BCUT2D eigenvalue weighted by molar-refractivity contribution is 7.89. The number of aliphatic hydroxyl groups excluding tert-OH is 1. The predicted molar refractivity (Wildman–Crippen MR) is 81.0 cm³/mol. The third kappa shape index (κ3) is 4.49. The van der Waals surface area contributed by atoms with Crippen molar-refractivity contribution in [2.24, 2.45) is 5.41 Å². The number of nitrogens with one attached hydrogen (secondary N) is 1. The van der Waals surface area contributed by atoms with Crippen molar-refractivity contribution in [3.8, 4) is 0 Å². The van der Waals surface area contributed by atoms with Gasteiger partial charge in [0, 0.05) is 13.2 Å². The first kappa shape index (κ1) is 18.1. The smallest absolute Gasteiger partial charge is 0.240 e. The SMILES string of the molecule is CCC(CC)(CCO)CNS(=O)(=O)c1ccc(C)c(F)c1. The van der Waals surface area contributed by atoms with Crippen molar-refractivity contribution in [2.75, 3.05) is 13.2 Å². The van der Waals surface area contributed by atoms with Crippen molar-refractivity contribution >= 4 is 10.0 Å². The van der Waals surface area contributed by atoms with Gasteiger partial charge >= 0.3 is 0 Å². The van der Waals surface area contributed by atoms with Crippen LogP contribution in [-0.2, 0) is 10.0 Å². The molecule has 0 bridgehead atoms. The van der Waals surface area contributed by atoms with E-state index in [2.05, 4.69) is 4.72 Å². The lowest BCUT2D eigenvalue weighted by Gasteiger charge is -2.31. The maximum absolute atomic E-state index is 13.5. The van der Waals surface area contributed by atoms with Gasteiger partial charge in [-0.05, 0) is 49.3 Å². The van der Waals surface area contributed by atoms with Gasteiger partial charge in [0.25, 0.3) is 0 Å². The van der Waals surface area contributed by atoms with E-state index in [1.54, 1.807) is 6.92 Å². The third-order valence-corrected chi connectivity index (χ3v) is 5.63. The molecule has 0 aliphatic rings. The lowest BCUT2D eigenvalue weighted by molar-refractivity contribution is 0.170. The number of aliphatic hydroxyl groups is 1. The van der Waals surface area contributed by atoms with Gasteiger partial charge in [-0.3, -0.25) is 0 Å². The second-order valence-corrected chi connectivity index (χ2v) is 7.18. The predicted octanol–water partition coefficient (Wildman–Crippen LogP) is 2.60. The summed E-state index contributed by atoms with van der Waals surface area (Å²) < 4.78 is 40.5. The first-order chi connectivity index (χ1) is 9.80. The molecule has 0 radical (unpaired) electrons. The number of sulfonamides is 1. The van der Waals surface area contributed by atoms with Crippen molar-refractivity contribution in [1.82, 2.24) is 4.72 Å². The number of halogens is 1. The average molecular weight is 317 g/mol. The summed E-state index contributed by atoms with van der Waals surface area (Å²) in [6.07, 6.45) is 2.05. The van der Waals surface area contributed by atoms with E-state index in [1.165, 1.54) is 12.1 Å². The Kier molecular flexibility index (Phi) is 6.31. The summed E-state index contributed by atoms with van der Waals surface area (Å²) >= 11 is 0. The van der Waals surface area contributed by atoms with Crippen LogP contribution in [-0.4, -0.2) is 26.7 Å². The van der Waals surface area contributed by atoms with Crippen molar-refractivity contribution in [1.29, 1.82) is 0 Å². The zero-order valence-electron chi connectivity index (χ0n) is 12.8. The second kappa shape index (κ2) is 7.33. The number of aryl methyl sites for hydroxylation is 1. The first-order valence-corrected chi connectivity index (χ1v) is 8.65. The zero-order chi connectivity index (χ0) is 16.1. The van der Waals surface area contributed by atoms with Crippen LogP contribution in [0.4, 0.5) is 4.39 Å². The van der Waals surface area contributed by atoms with E-state index >= 15 is 0 Å². The molecule has 0 amide bonds. The number of hydrogen-bond acceptors (Lipinski definition) is 3. The van der Waals surface area contributed by atoms with Crippen LogP contribution in [0.3, 0.4) is 0 Å². The zero-order valence-corrected chi connectivity index (χ0v) is 13.6. The molecule has 0 aliphatic carbocycles. The van der Waals surface area contributed by atoms with E-state index in [4.69, 9.17) is 5.11 Å². The number of hydrogen-bond donors (Lipinski definition) is 2.